The summed E-state index contributed by atoms with van der Waals surface area (Å²) in [5, 5.41) is 11.6. The van der Waals surface area contributed by atoms with Gasteiger partial charge in [-0.15, -0.1) is 0 Å². The molecule has 2 fully saturated rings. The number of carbonyl (C=O) groups excluding carboxylic acids is 1. The third-order valence-corrected chi connectivity index (χ3v) is 5.19. The third kappa shape index (κ3) is 4.61. The quantitative estimate of drug-likeness (QED) is 0.838. The maximum absolute atomic E-state index is 12.2. The molecule has 2 aliphatic rings. The first-order chi connectivity index (χ1) is 10.0. The highest BCUT2D eigenvalue weighted by Gasteiger charge is 2.36. The second-order valence-corrected chi connectivity index (χ2v) is 6.83. The van der Waals surface area contributed by atoms with Crippen molar-refractivity contribution in [2.24, 2.45) is 5.41 Å². The van der Waals surface area contributed by atoms with E-state index in [1.54, 1.807) is 0 Å². The highest BCUT2D eigenvalue weighted by molar-refractivity contribution is 5.74. The monoisotopic (exact) mass is 296 g/mol. The number of carboxylic acid groups (broad SMARTS) is 1. The predicted molar refractivity (Wildman–Crippen MR) is 81.2 cm³/mol. The number of nitrogens with one attached hydrogen (secondary N) is 1. The molecule has 0 radical (unpaired) electrons. The molecule has 5 nitrogen and oxygen atoms in total. The van der Waals surface area contributed by atoms with E-state index >= 15 is 0 Å². The van der Waals surface area contributed by atoms with E-state index in [0.717, 1.165) is 25.9 Å². The fraction of sp³-hybridized carbons (Fsp3) is 0.875. The Morgan fingerprint density at radius 1 is 1.14 bits per heavy atom. The van der Waals surface area contributed by atoms with Crippen LogP contribution in [0.4, 0.5) is 4.79 Å². The SMILES string of the molecule is CC(CCC(=O)O)NC(=O)N1CCC2(CCCCC2)CC1. The molecule has 21 heavy (non-hydrogen) atoms. The molecule has 1 atom stereocenters. The summed E-state index contributed by atoms with van der Waals surface area (Å²) in [5.41, 5.74) is 0.504. The van der Waals surface area contributed by atoms with Gasteiger partial charge >= 0.3 is 12.0 Å². The normalized spacial score (nSPS) is 22.8. The molecule has 0 aromatic heterocycles. The maximum atomic E-state index is 12.2. The lowest BCUT2D eigenvalue weighted by Crippen LogP contribution is -2.49. The summed E-state index contributed by atoms with van der Waals surface area (Å²) < 4.78 is 0. The standard InChI is InChI=1S/C16H28N2O3/c1-13(5-6-14(19)20)17-15(21)18-11-9-16(10-12-18)7-3-2-4-8-16/h13H,2-12H2,1H3,(H,17,21)(H,19,20). The fourth-order valence-electron chi connectivity index (χ4n) is 3.70. The van der Waals surface area contributed by atoms with E-state index in [-0.39, 0.29) is 18.5 Å². The van der Waals surface area contributed by atoms with Crippen molar-refractivity contribution in [1.29, 1.82) is 0 Å². The molecule has 1 heterocycles. The summed E-state index contributed by atoms with van der Waals surface area (Å²) in [6.07, 6.45) is 9.57. The van der Waals surface area contributed by atoms with E-state index in [2.05, 4.69) is 5.32 Å². The van der Waals surface area contributed by atoms with Crippen LogP contribution >= 0.6 is 0 Å². The molecule has 5 heteroatoms. The Morgan fingerprint density at radius 2 is 1.76 bits per heavy atom. The molecule has 2 rings (SSSR count). The average molecular weight is 296 g/mol. The highest BCUT2D eigenvalue weighted by Crippen LogP contribution is 2.44. The van der Waals surface area contributed by atoms with Gasteiger partial charge in [0.1, 0.15) is 0 Å². The van der Waals surface area contributed by atoms with Gasteiger partial charge in [0.05, 0.1) is 0 Å². The summed E-state index contributed by atoms with van der Waals surface area (Å²) in [5.74, 6) is -0.812. The van der Waals surface area contributed by atoms with Crippen LogP contribution in [0.1, 0.15) is 64.7 Å². The van der Waals surface area contributed by atoms with Gasteiger partial charge in [-0.25, -0.2) is 4.79 Å². The zero-order valence-electron chi connectivity index (χ0n) is 13.1. The first-order valence-corrected chi connectivity index (χ1v) is 8.28. The van der Waals surface area contributed by atoms with Crippen molar-refractivity contribution < 1.29 is 14.7 Å². The second-order valence-electron chi connectivity index (χ2n) is 6.83. The first kappa shape index (κ1) is 16.1. The molecule has 1 aliphatic heterocycles. The van der Waals surface area contributed by atoms with Crippen LogP contribution in [-0.2, 0) is 4.79 Å². The Labute approximate surface area is 127 Å². The average Bonchev–Trinajstić information content (AvgIpc) is 2.46. The minimum atomic E-state index is -0.812. The van der Waals surface area contributed by atoms with Gasteiger partial charge in [-0.1, -0.05) is 19.3 Å². The highest BCUT2D eigenvalue weighted by atomic mass is 16.4. The predicted octanol–water partition coefficient (Wildman–Crippen LogP) is 3.00. The molecule has 2 N–H and O–H groups in total. The van der Waals surface area contributed by atoms with Crippen molar-refractivity contribution in [2.75, 3.05) is 13.1 Å². The Bertz CT molecular complexity index is 368. The number of hydrogen-bond acceptors (Lipinski definition) is 2. The van der Waals surface area contributed by atoms with Crippen molar-refractivity contribution in [3.8, 4) is 0 Å². The zero-order chi connectivity index (χ0) is 15.3. The van der Waals surface area contributed by atoms with Crippen LogP contribution in [0, 0.1) is 5.41 Å². The van der Waals surface area contributed by atoms with E-state index < -0.39 is 5.97 Å². The van der Waals surface area contributed by atoms with Crippen molar-refractivity contribution >= 4 is 12.0 Å². The van der Waals surface area contributed by atoms with E-state index in [9.17, 15) is 9.59 Å². The molecule has 0 aromatic carbocycles. The number of amides is 2. The van der Waals surface area contributed by atoms with Gasteiger partial charge in [0.25, 0.3) is 0 Å². The lowest BCUT2D eigenvalue weighted by Gasteiger charge is -2.44. The summed E-state index contributed by atoms with van der Waals surface area (Å²) in [6, 6.07) is -0.113. The van der Waals surface area contributed by atoms with Gasteiger partial charge in [0.15, 0.2) is 0 Å². The summed E-state index contributed by atoms with van der Waals surface area (Å²) in [7, 11) is 0. The molecule has 1 aliphatic carbocycles. The zero-order valence-corrected chi connectivity index (χ0v) is 13.1. The fourth-order valence-corrected chi connectivity index (χ4v) is 3.70. The number of hydrogen-bond donors (Lipinski definition) is 2. The topological polar surface area (TPSA) is 69.6 Å². The van der Waals surface area contributed by atoms with Gasteiger partial charge in [-0.05, 0) is 44.4 Å². The van der Waals surface area contributed by atoms with Crippen LogP contribution in [0.25, 0.3) is 0 Å². The Morgan fingerprint density at radius 3 is 2.33 bits per heavy atom. The minimum absolute atomic E-state index is 0.0291. The van der Waals surface area contributed by atoms with E-state index in [1.807, 2.05) is 11.8 Å². The van der Waals surface area contributed by atoms with E-state index in [4.69, 9.17) is 5.11 Å². The van der Waals surface area contributed by atoms with Gasteiger partial charge in [-0.3, -0.25) is 4.79 Å². The Kier molecular flexibility index (Phi) is 5.48. The third-order valence-electron chi connectivity index (χ3n) is 5.19. The number of urea groups is 1. The largest absolute Gasteiger partial charge is 0.481 e. The summed E-state index contributed by atoms with van der Waals surface area (Å²) in [4.78, 5) is 24.6. The molecule has 0 aromatic rings. The number of piperidine rings is 1. The Hall–Kier alpha value is -1.26. The molecular formula is C16H28N2O3. The molecule has 120 valence electrons. The van der Waals surface area contributed by atoms with Crippen LogP contribution in [0.15, 0.2) is 0 Å². The maximum Gasteiger partial charge on any atom is 0.317 e. The van der Waals surface area contributed by atoms with Gasteiger partial charge < -0.3 is 15.3 Å². The second kappa shape index (κ2) is 7.14. The van der Waals surface area contributed by atoms with Gasteiger partial charge in [0.2, 0.25) is 0 Å². The number of nitrogens with zero attached hydrogens (tertiary/aromatic N) is 1. The van der Waals surface area contributed by atoms with Crippen LogP contribution in [0.2, 0.25) is 0 Å². The van der Waals surface area contributed by atoms with Crippen LogP contribution < -0.4 is 5.32 Å². The molecule has 0 bridgehead atoms. The van der Waals surface area contributed by atoms with Crippen molar-refractivity contribution in [1.82, 2.24) is 10.2 Å². The summed E-state index contributed by atoms with van der Waals surface area (Å²) >= 11 is 0. The lowest BCUT2D eigenvalue weighted by molar-refractivity contribution is -0.137. The van der Waals surface area contributed by atoms with Crippen LogP contribution in [0.3, 0.4) is 0 Å². The number of carboxylic acids is 1. The number of likely N-dealkylation sites (tertiary alicyclic amines) is 1. The molecular weight excluding hydrogens is 268 g/mol. The summed E-state index contributed by atoms with van der Waals surface area (Å²) in [6.45, 7) is 3.56. The van der Waals surface area contributed by atoms with Crippen molar-refractivity contribution in [3.63, 3.8) is 0 Å². The first-order valence-electron chi connectivity index (χ1n) is 8.28. The smallest absolute Gasteiger partial charge is 0.317 e. The number of rotatable bonds is 4. The lowest BCUT2D eigenvalue weighted by atomic mass is 9.68. The van der Waals surface area contributed by atoms with Crippen molar-refractivity contribution in [3.05, 3.63) is 0 Å². The van der Waals surface area contributed by atoms with Crippen molar-refractivity contribution in [2.45, 2.75) is 70.8 Å². The molecule has 1 spiro atoms. The van der Waals surface area contributed by atoms with E-state index in [1.165, 1.54) is 32.1 Å². The van der Waals surface area contributed by atoms with Gasteiger partial charge in [0, 0.05) is 25.6 Å². The van der Waals surface area contributed by atoms with Crippen LogP contribution in [-0.4, -0.2) is 41.1 Å². The molecule has 1 saturated heterocycles. The van der Waals surface area contributed by atoms with Crippen LogP contribution in [0.5, 0.6) is 0 Å². The molecule has 1 saturated carbocycles. The number of carbonyl (C=O) groups is 2. The van der Waals surface area contributed by atoms with Gasteiger partial charge in [-0.2, -0.15) is 0 Å². The minimum Gasteiger partial charge on any atom is -0.481 e. The molecule has 2 amide bonds. The van der Waals surface area contributed by atoms with E-state index in [0.29, 0.717) is 11.8 Å². The number of aliphatic carboxylic acids is 1. The Balaban J connectivity index is 1.73. The molecule has 1 unspecified atom stereocenters.